The van der Waals surface area contributed by atoms with E-state index in [9.17, 15) is 9.59 Å². The van der Waals surface area contributed by atoms with Crippen molar-refractivity contribution in [2.75, 3.05) is 99.8 Å². The molecule has 0 saturated heterocycles. The van der Waals surface area contributed by atoms with Gasteiger partial charge in [0, 0.05) is 114 Å². The second-order valence-corrected chi connectivity index (χ2v) is 17.6. The quantitative estimate of drug-likeness (QED) is 0.0710. The summed E-state index contributed by atoms with van der Waals surface area (Å²) in [7, 11) is 16.1. The summed E-state index contributed by atoms with van der Waals surface area (Å²) in [6.45, 7) is 8.81. The zero-order valence-electron chi connectivity index (χ0n) is 42.4. The van der Waals surface area contributed by atoms with E-state index in [-0.39, 0.29) is 14.7 Å². The maximum absolute atomic E-state index is 12.8. The summed E-state index contributed by atoms with van der Waals surface area (Å²) >= 11 is 0. The van der Waals surface area contributed by atoms with E-state index in [4.69, 9.17) is 19.9 Å². The normalized spacial score (nSPS) is 11.0. The van der Waals surface area contributed by atoms with Crippen LogP contribution in [-0.4, -0.2) is 106 Å². The van der Waals surface area contributed by atoms with Gasteiger partial charge >= 0.3 is 0 Å². The van der Waals surface area contributed by atoms with E-state index < -0.39 is 0 Å². The molecule has 0 aliphatic rings. The average Bonchev–Trinajstić information content (AvgIpc) is 3.38. The largest absolute Gasteiger partial charge is 0.378 e. The number of hydrogen-bond acceptors (Lipinski definition) is 11. The second-order valence-electron chi connectivity index (χ2n) is 17.6. The standard InChI is InChI=1S/C56H57N11O2.C2H6.2H2/c1-10-51(68)57-41-25-27-47-49(34-41)62-56(53(59-47)37-16-11-20-43(30-37)64(4)5)40-19-14-23-46(33-40)67(9)36-66(8)45-22-13-18-39(32-45)54-55(38-17-12-21-44(31-38)65(6)7)61-50-35-42(26-28-48(50)60-54)58-52(69)24-15-29-63(2)3;1-2;;/h10-28,30-35H,1,29,36H2,2-9H3,(H,57,68)(H,58,69);1-2H3;2*1H/b24-15+;;;. The van der Waals surface area contributed by atoms with E-state index in [0.717, 1.165) is 67.8 Å². The highest BCUT2D eigenvalue weighted by Crippen LogP contribution is 2.37. The van der Waals surface area contributed by atoms with Gasteiger partial charge in [-0.3, -0.25) is 9.59 Å². The summed E-state index contributed by atoms with van der Waals surface area (Å²) in [4.78, 5) is 56.3. The molecule has 2 heterocycles. The van der Waals surface area contributed by atoms with Gasteiger partial charge in [-0.15, -0.1) is 0 Å². The highest BCUT2D eigenvalue weighted by Gasteiger charge is 2.19. The van der Waals surface area contributed by atoms with Gasteiger partial charge in [0.05, 0.1) is 51.5 Å². The zero-order valence-corrected chi connectivity index (χ0v) is 42.4. The van der Waals surface area contributed by atoms with Crippen LogP contribution < -0.4 is 30.2 Å². The lowest BCUT2D eigenvalue weighted by molar-refractivity contribution is -0.112. The third-order valence-corrected chi connectivity index (χ3v) is 11.6. The van der Waals surface area contributed by atoms with Crippen molar-refractivity contribution in [3.63, 3.8) is 0 Å². The van der Waals surface area contributed by atoms with Gasteiger partial charge in [0.2, 0.25) is 11.8 Å². The van der Waals surface area contributed by atoms with E-state index in [0.29, 0.717) is 46.7 Å². The molecule has 0 atom stereocenters. The molecule has 13 nitrogen and oxygen atoms in total. The van der Waals surface area contributed by atoms with Gasteiger partial charge < -0.3 is 35.1 Å². The Bertz CT molecular complexity index is 3250. The minimum Gasteiger partial charge on any atom is -0.378 e. The number of benzene rings is 6. The fourth-order valence-electron chi connectivity index (χ4n) is 7.94. The van der Waals surface area contributed by atoms with Crippen molar-refractivity contribution in [2.45, 2.75) is 13.8 Å². The molecule has 0 aliphatic carbocycles. The van der Waals surface area contributed by atoms with Crippen molar-refractivity contribution in [3.8, 4) is 45.0 Å². The first-order valence-corrected chi connectivity index (χ1v) is 23.6. The van der Waals surface area contributed by atoms with E-state index >= 15 is 0 Å². The molecule has 2 aromatic heterocycles. The molecule has 2 amide bonds. The number of carbonyl (C=O) groups is 2. The van der Waals surface area contributed by atoms with Gasteiger partial charge in [0.15, 0.2) is 0 Å². The van der Waals surface area contributed by atoms with Crippen molar-refractivity contribution < 1.29 is 12.4 Å². The highest BCUT2D eigenvalue weighted by atomic mass is 16.2. The third-order valence-electron chi connectivity index (χ3n) is 11.6. The van der Waals surface area contributed by atoms with E-state index in [2.05, 4.69) is 130 Å². The topological polar surface area (TPSA) is 126 Å². The van der Waals surface area contributed by atoms with Crippen LogP contribution in [0.4, 0.5) is 34.1 Å². The third kappa shape index (κ3) is 12.3. The number of nitrogens with one attached hydrogen (secondary N) is 2. The van der Waals surface area contributed by atoms with Crippen LogP contribution in [0.1, 0.15) is 16.7 Å². The van der Waals surface area contributed by atoms with E-state index in [1.165, 1.54) is 6.08 Å². The van der Waals surface area contributed by atoms with Gasteiger partial charge in [-0.2, -0.15) is 0 Å². The molecule has 0 fully saturated rings. The van der Waals surface area contributed by atoms with Crippen molar-refractivity contribution >= 4 is 68.0 Å². The Hall–Kier alpha value is -8.42. The Labute approximate surface area is 420 Å². The Morgan fingerprint density at radius 2 is 0.859 bits per heavy atom. The smallest absolute Gasteiger partial charge is 0.248 e. The van der Waals surface area contributed by atoms with Crippen molar-refractivity contribution in [1.82, 2.24) is 24.8 Å². The molecule has 2 N–H and O–H groups in total. The van der Waals surface area contributed by atoms with Crippen LogP contribution in [0.25, 0.3) is 67.1 Å². The minimum atomic E-state index is -0.298. The van der Waals surface area contributed by atoms with Gasteiger partial charge in [-0.1, -0.05) is 75.0 Å². The number of nitrogens with zero attached hydrogens (tertiary/aromatic N) is 9. The summed E-state index contributed by atoms with van der Waals surface area (Å²) in [5.74, 6) is -0.505. The first-order valence-electron chi connectivity index (χ1n) is 23.6. The SMILES string of the molecule is C=CC(=O)Nc1ccc2nc(-c3cccc(N(C)C)c3)c(-c3cccc(N(C)CN(C)c4cccc(-c5nc6ccc(NC(=O)/C=C/CN(C)C)cc6nc5-c5cccc(N(C)C)c5)c4)c3)nc2c1.CC.[HH].[HH]. The summed E-state index contributed by atoms with van der Waals surface area (Å²) < 4.78 is 0. The fraction of sp³-hybridized carbons (Fsp3) is 0.207. The van der Waals surface area contributed by atoms with Crippen molar-refractivity contribution in [1.29, 1.82) is 0 Å². The van der Waals surface area contributed by atoms with Crippen molar-refractivity contribution in [2.24, 2.45) is 0 Å². The molecule has 0 radical (unpaired) electrons. The number of carbonyl (C=O) groups excluding carboxylic acids is 2. The van der Waals surface area contributed by atoms with Gasteiger partial charge in [0.25, 0.3) is 0 Å². The van der Waals surface area contributed by atoms with Crippen LogP contribution in [0.3, 0.4) is 0 Å². The summed E-state index contributed by atoms with van der Waals surface area (Å²) in [6, 6.07) is 44.4. The maximum Gasteiger partial charge on any atom is 0.248 e. The first-order chi connectivity index (χ1) is 34.2. The summed E-state index contributed by atoms with van der Waals surface area (Å²) in [5.41, 5.74) is 14.7. The van der Waals surface area contributed by atoms with Crippen molar-refractivity contribution in [3.05, 3.63) is 158 Å². The molecule has 13 heteroatoms. The molecule has 0 spiro atoms. The van der Waals surface area contributed by atoms with Crippen LogP contribution in [0.15, 0.2) is 158 Å². The van der Waals surface area contributed by atoms with Crippen LogP contribution in [0.5, 0.6) is 0 Å². The number of rotatable bonds is 16. The molecule has 8 rings (SSSR count). The van der Waals surface area contributed by atoms with Gasteiger partial charge in [-0.25, -0.2) is 19.9 Å². The van der Waals surface area contributed by atoms with Crippen LogP contribution in [-0.2, 0) is 9.59 Å². The van der Waals surface area contributed by atoms with Gasteiger partial charge in [0.1, 0.15) is 0 Å². The second kappa shape index (κ2) is 22.8. The summed E-state index contributed by atoms with van der Waals surface area (Å²) in [6.07, 6.45) is 4.62. The Morgan fingerprint density at radius 1 is 0.493 bits per heavy atom. The van der Waals surface area contributed by atoms with E-state index in [1.807, 2.05) is 122 Å². The zero-order chi connectivity index (χ0) is 50.8. The molecule has 71 heavy (non-hydrogen) atoms. The molecule has 366 valence electrons. The van der Waals surface area contributed by atoms with Crippen LogP contribution >= 0.6 is 0 Å². The molecule has 0 saturated carbocycles. The Morgan fingerprint density at radius 3 is 1.24 bits per heavy atom. The number of hydrogen-bond donors (Lipinski definition) is 2. The molecule has 8 aromatic rings. The minimum absolute atomic E-state index is 0. The lowest BCUT2D eigenvalue weighted by Gasteiger charge is -2.28. The van der Waals surface area contributed by atoms with Crippen LogP contribution in [0.2, 0.25) is 0 Å². The van der Waals surface area contributed by atoms with E-state index in [1.54, 1.807) is 6.08 Å². The molecule has 0 bridgehead atoms. The molecule has 0 aliphatic heterocycles. The maximum atomic E-state index is 12.8. The van der Waals surface area contributed by atoms with Gasteiger partial charge in [-0.05, 0) is 105 Å². The summed E-state index contributed by atoms with van der Waals surface area (Å²) in [5, 5.41) is 5.83. The average molecular weight is 950 g/mol. The lowest BCUT2D eigenvalue weighted by atomic mass is 10.0. The number of aromatic nitrogens is 4. The lowest BCUT2D eigenvalue weighted by Crippen LogP contribution is -2.32. The molecular formula is C58H67N11O2. The number of fused-ring (bicyclic) bond motifs is 2. The molecule has 0 unspecified atom stereocenters. The van der Waals surface area contributed by atoms with Crippen LogP contribution in [0, 0.1) is 0 Å². The Balaban J connectivity index is 0.00000244. The number of amides is 2. The monoisotopic (exact) mass is 950 g/mol. The predicted octanol–water partition coefficient (Wildman–Crippen LogP) is 11.6. The predicted molar refractivity (Wildman–Crippen MR) is 302 cm³/mol. The molecule has 6 aromatic carbocycles. The Kier molecular flexibility index (Phi) is 16.2. The number of likely N-dealkylation sites (N-methyl/N-ethyl adjacent to an activating group) is 1. The highest BCUT2D eigenvalue weighted by molar-refractivity contribution is 6.01. The fourth-order valence-corrected chi connectivity index (χ4v) is 7.94. The first kappa shape index (κ1) is 50.5. The number of anilines is 6. The molecular weight excluding hydrogens is 883 g/mol.